The van der Waals surface area contributed by atoms with Crippen LogP contribution in [0.15, 0.2) is 53.6 Å². The number of carbonyl (C=O) groups is 2. The number of amides is 2. The highest BCUT2D eigenvalue weighted by Crippen LogP contribution is 2.36. The molecule has 37 heavy (non-hydrogen) atoms. The third-order valence-corrected chi connectivity index (χ3v) is 6.47. The molecule has 1 unspecified atom stereocenters. The minimum absolute atomic E-state index is 0.0239. The first kappa shape index (κ1) is 24.5. The molecule has 1 N–H and O–H groups in total. The van der Waals surface area contributed by atoms with E-state index < -0.39 is 34.9 Å². The summed E-state index contributed by atoms with van der Waals surface area (Å²) in [6.45, 7) is 5.21. The van der Waals surface area contributed by atoms with Crippen molar-refractivity contribution in [1.82, 2.24) is 19.2 Å². The van der Waals surface area contributed by atoms with Crippen molar-refractivity contribution in [3.8, 4) is 0 Å². The molecule has 3 aromatic heterocycles. The van der Waals surface area contributed by atoms with E-state index in [0.717, 1.165) is 17.6 Å². The fraction of sp³-hybridized carbons (Fsp3) is 0.296. The first-order chi connectivity index (χ1) is 17.4. The standard InChI is InChI=1S/C27H26F2N4O4/c1-27(2,3)37-26(36)33-13-21-23(17-10-19(28)20(29)11-18(17)24(34)30-21)22(14-33)31(4)25(35)15-7-8-16-6-5-9-32(16)12-15/h5-12,22H,13-14H2,1-4H3,(H,30,34). The number of nitrogens with one attached hydrogen (secondary N) is 1. The summed E-state index contributed by atoms with van der Waals surface area (Å²) in [4.78, 5) is 44.9. The quantitative estimate of drug-likeness (QED) is 0.428. The maximum absolute atomic E-state index is 14.4. The number of nitrogens with zero attached hydrogens (tertiary/aromatic N) is 3. The molecule has 1 aliphatic rings. The number of fused-ring (bicyclic) bond motifs is 4. The van der Waals surface area contributed by atoms with E-state index in [1.807, 2.05) is 28.8 Å². The average Bonchev–Trinajstić information content (AvgIpc) is 3.30. The maximum atomic E-state index is 14.4. The molecule has 0 saturated carbocycles. The predicted molar refractivity (Wildman–Crippen MR) is 133 cm³/mol. The van der Waals surface area contributed by atoms with Gasteiger partial charge in [-0.05, 0) is 62.6 Å². The second-order valence-corrected chi connectivity index (χ2v) is 10.2. The van der Waals surface area contributed by atoms with Gasteiger partial charge < -0.3 is 19.0 Å². The van der Waals surface area contributed by atoms with Crippen LogP contribution in [0, 0.1) is 11.6 Å². The van der Waals surface area contributed by atoms with Gasteiger partial charge in [0.2, 0.25) is 0 Å². The number of aromatic nitrogens is 2. The number of H-pyrrole nitrogens is 1. The van der Waals surface area contributed by atoms with Gasteiger partial charge in [0.1, 0.15) is 5.60 Å². The zero-order chi connectivity index (χ0) is 26.6. The lowest BCUT2D eigenvalue weighted by Gasteiger charge is -2.39. The molecule has 192 valence electrons. The number of hydrogen-bond donors (Lipinski definition) is 1. The number of benzene rings is 1. The molecule has 8 nitrogen and oxygen atoms in total. The molecule has 0 radical (unpaired) electrons. The number of halogens is 2. The first-order valence-electron chi connectivity index (χ1n) is 11.8. The van der Waals surface area contributed by atoms with Crippen LogP contribution >= 0.6 is 0 Å². The number of ether oxygens (including phenoxy) is 1. The van der Waals surface area contributed by atoms with Crippen molar-refractivity contribution in [1.29, 1.82) is 0 Å². The molecule has 0 bridgehead atoms. The number of likely N-dealkylation sites (N-methyl/N-ethyl adjacent to an activating group) is 1. The number of aromatic amines is 1. The van der Waals surface area contributed by atoms with Gasteiger partial charge in [-0.2, -0.15) is 0 Å². The average molecular weight is 509 g/mol. The van der Waals surface area contributed by atoms with Crippen LogP contribution in [0.5, 0.6) is 0 Å². The predicted octanol–water partition coefficient (Wildman–Crippen LogP) is 4.62. The van der Waals surface area contributed by atoms with E-state index in [0.29, 0.717) is 16.8 Å². The monoisotopic (exact) mass is 508 g/mol. The zero-order valence-corrected chi connectivity index (χ0v) is 20.8. The number of rotatable bonds is 2. The van der Waals surface area contributed by atoms with Crippen molar-refractivity contribution in [2.75, 3.05) is 13.6 Å². The Labute approximate surface area is 211 Å². The smallest absolute Gasteiger partial charge is 0.410 e. The van der Waals surface area contributed by atoms with E-state index in [1.165, 1.54) is 9.80 Å². The van der Waals surface area contributed by atoms with Crippen molar-refractivity contribution in [3.05, 3.63) is 87.6 Å². The fourth-order valence-corrected chi connectivity index (χ4v) is 4.74. The normalized spacial score (nSPS) is 15.6. The number of carbonyl (C=O) groups excluding carboxylic acids is 2. The van der Waals surface area contributed by atoms with Gasteiger partial charge in [-0.15, -0.1) is 0 Å². The number of hydrogen-bond acceptors (Lipinski definition) is 4. The Kier molecular flexibility index (Phi) is 5.77. The van der Waals surface area contributed by atoms with E-state index >= 15 is 0 Å². The van der Waals surface area contributed by atoms with E-state index in [4.69, 9.17) is 4.74 Å². The Morgan fingerprint density at radius 2 is 1.81 bits per heavy atom. The van der Waals surface area contributed by atoms with Crippen LogP contribution in [0.2, 0.25) is 0 Å². The van der Waals surface area contributed by atoms with Gasteiger partial charge in [0, 0.05) is 42.8 Å². The summed E-state index contributed by atoms with van der Waals surface area (Å²) in [5.74, 6) is -2.61. The first-order valence-corrected chi connectivity index (χ1v) is 11.8. The summed E-state index contributed by atoms with van der Waals surface area (Å²) in [5.41, 5.74) is 0.701. The van der Waals surface area contributed by atoms with Crippen molar-refractivity contribution in [2.45, 2.75) is 39.0 Å². The molecular weight excluding hydrogens is 482 g/mol. The Balaban J connectivity index is 1.63. The van der Waals surface area contributed by atoms with Crippen LogP contribution in [0.3, 0.4) is 0 Å². The van der Waals surface area contributed by atoms with Gasteiger partial charge in [-0.3, -0.25) is 14.5 Å². The Hall–Kier alpha value is -4.21. The van der Waals surface area contributed by atoms with E-state index in [-0.39, 0.29) is 29.8 Å². The molecule has 0 saturated heterocycles. The third kappa shape index (κ3) is 4.43. The highest BCUT2D eigenvalue weighted by Gasteiger charge is 2.37. The lowest BCUT2D eigenvalue weighted by Crippen LogP contribution is -2.47. The maximum Gasteiger partial charge on any atom is 0.410 e. The van der Waals surface area contributed by atoms with Gasteiger partial charge in [0.05, 0.1) is 23.5 Å². The zero-order valence-electron chi connectivity index (χ0n) is 20.8. The second-order valence-electron chi connectivity index (χ2n) is 10.2. The van der Waals surface area contributed by atoms with Crippen LogP contribution in [0.1, 0.15) is 48.4 Å². The highest BCUT2D eigenvalue weighted by atomic mass is 19.2. The van der Waals surface area contributed by atoms with Gasteiger partial charge >= 0.3 is 6.09 Å². The molecule has 1 atom stereocenters. The summed E-state index contributed by atoms with van der Waals surface area (Å²) in [6, 6.07) is 8.32. The van der Waals surface area contributed by atoms with Crippen LogP contribution < -0.4 is 5.56 Å². The Bertz CT molecular complexity index is 1620. The minimum atomic E-state index is -1.15. The molecule has 2 amide bonds. The van der Waals surface area contributed by atoms with Crippen molar-refractivity contribution in [2.24, 2.45) is 0 Å². The summed E-state index contributed by atoms with van der Waals surface area (Å²) in [6.07, 6.45) is 2.90. The van der Waals surface area contributed by atoms with Crippen molar-refractivity contribution >= 4 is 28.3 Å². The molecule has 5 rings (SSSR count). The molecule has 4 heterocycles. The van der Waals surface area contributed by atoms with E-state index in [9.17, 15) is 23.2 Å². The van der Waals surface area contributed by atoms with Crippen LogP contribution in [0.25, 0.3) is 16.3 Å². The molecule has 4 aromatic rings. The molecule has 1 aliphatic heterocycles. The topological polar surface area (TPSA) is 87.1 Å². The third-order valence-electron chi connectivity index (χ3n) is 6.47. The van der Waals surface area contributed by atoms with Gasteiger partial charge in [-0.25, -0.2) is 13.6 Å². The van der Waals surface area contributed by atoms with Crippen LogP contribution in [-0.2, 0) is 11.3 Å². The molecule has 0 spiro atoms. The number of pyridine rings is 2. The molecule has 0 fully saturated rings. The van der Waals surface area contributed by atoms with Gasteiger partial charge in [0.15, 0.2) is 11.6 Å². The molecule has 10 heteroatoms. The summed E-state index contributed by atoms with van der Waals surface area (Å²) >= 11 is 0. The SMILES string of the molecule is CN(C(=O)c1ccc2cccn2c1)C1CN(C(=O)OC(C)(C)C)Cc2[nH]c(=O)c3cc(F)c(F)cc3c21. The summed E-state index contributed by atoms with van der Waals surface area (Å²) in [5, 5.41) is 0.148. The molecule has 0 aliphatic carbocycles. The largest absolute Gasteiger partial charge is 0.444 e. The molecular formula is C27H26F2N4O4. The summed E-state index contributed by atoms with van der Waals surface area (Å²) < 4.78 is 35.7. The fourth-order valence-electron chi connectivity index (χ4n) is 4.74. The van der Waals surface area contributed by atoms with Gasteiger partial charge in [0.25, 0.3) is 11.5 Å². The van der Waals surface area contributed by atoms with Crippen LogP contribution in [-0.4, -0.2) is 50.4 Å². The molecule has 1 aromatic carbocycles. The minimum Gasteiger partial charge on any atom is -0.444 e. The Morgan fingerprint density at radius 3 is 2.51 bits per heavy atom. The summed E-state index contributed by atoms with van der Waals surface area (Å²) in [7, 11) is 1.58. The van der Waals surface area contributed by atoms with E-state index in [2.05, 4.69) is 4.98 Å². The van der Waals surface area contributed by atoms with Crippen LogP contribution in [0.4, 0.5) is 13.6 Å². The Morgan fingerprint density at radius 1 is 1.11 bits per heavy atom. The second kappa shape index (κ2) is 8.72. The highest BCUT2D eigenvalue weighted by molar-refractivity contribution is 5.95. The lowest BCUT2D eigenvalue weighted by atomic mass is 9.92. The lowest BCUT2D eigenvalue weighted by molar-refractivity contribution is 0.0142. The van der Waals surface area contributed by atoms with Crippen molar-refractivity contribution < 1.29 is 23.1 Å². The van der Waals surface area contributed by atoms with Crippen molar-refractivity contribution in [3.63, 3.8) is 0 Å². The van der Waals surface area contributed by atoms with E-state index in [1.54, 1.807) is 40.1 Å². The van der Waals surface area contributed by atoms with Gasteiger partial charge in [-0.1, -0.05) is 0 Å².